The summed E-state index contributed by atoms with van der Waals surface area (Å²) in [5, 5.41) is 2.93. The van der Waals surface area contributed by atoms with Gasteiger partial charge in [-0.1, -0.05) is 56.3 Å². The lowest BCUT2D eigenvalue weighted by molar-refractivity contribution is -0.143. The largest absolute Gasteiger partial charge is 0.484 e. The Bertz CT molecular complexity index is 772. The molecular formula is C24H32N2O3. The number of aryl methyl sites for hydroxylation is 1. The molecule has 0 aliphatic heterocycles. The summed E-state index contributed by atoms with van der Waals surface area (Å²) < 4.78 is 5.72. The number of hydrogen-bond donors (Lipinski definition) is 1. The van der Waals surface area contributed by atoms with Crippen LogP contribution in [0.1, 0.15) is 45.2 Å². The Labute approximate surface area is 174 Å². The summed E-state index contributed by atoms with van der Waals surface area (Å²) >= 11 is 0. The summed E-state index contributed by atoms with van der Waals surface area (Å²) in [5.41, 5.74) is 2.19. The average Bonchev–Trinajstić information content (AvgIpc) is 2.72. The fourth-order valence-corrected chi connectivity index (χ4v) is 3.13. The molecule has 0 aromatic heterocycles. The highest BCUT2D eigenvalue weighted by Gasteiger charge is 2.29. The minimum absolute atomic E-state index is 0.0126. The molecule has 0 spiro atoms. The molecule has 0 radical (unpaired) electrons. The highest BCUT2D eigenvalue weighted by Crippen LogP contribution is 2.15. The maximum absolute atomic E-state index is 13.1. The molecule has 29 heavy (non-hydrogen) atoms. The smallest absolute Gasteiger partial charge is 0.261 e. The first kappa shape index (κ1) is 22.5. The van der Waals surface area contributed by atoms with Crippen LogP contribution in [-0.2, 0) is 22.6 Å². The second kappa shape index (κ2) is 11.2. The molecule has 0 fully saturated rings. The predicted molar refractivity (Wildman–Crippen MR) is 116 cm³/mol. The van der Waals surface area contributed by atoms with Crippen molar-refractivity contribution in [1.29, 1.82) is 0 Å². The molecule has 0 bridgehead atoms. The zero-order valence-electron chi connectivity index (χ0n) is 17.9. The van der Waals surface area contributed by atoms with Crippen molar-refractivity contribution in [3.05, 3.63) is 65.7 Å². The van der Waals surface area contributed by atoms with E-state index in [2.05, 4.69) is 12.2 Å². The number of amides is 2. The molecule has 2 aromatic rings. The van der Waals surface area contributed by atoms with E-state index < -0.39 is 6.04 Å². The van der Waals surface area contributed by atoms with Gasteiger partial charge in [0.25, 0.3) is 5.91 Å². The summed E-state index contributed by atoms with van der Waals surface area (Å²) in [6.07, 6.45) is 1.48. The van der Waals surface area contributed by atoms with Crippen molar-refractivity contribution in [2.24, 2.45) is 0 Å². The normalized spacial score (nSPS) is 11.8. The van der Waals surface area contributed by atoms with Crippen molar-refractivity contribution in [2.75, 3.05) is 6.61 Å². The van der Waals surface area contributed by atoms with Gasteiger partial charge in [0.15, 0.2) is 6.61 Å². The van der Waals surface area contributed by atoms with E-state index in [-0.39, 0.29) is 24.5 Å². The molecule has 1 N–H and O–H groups in total. The molecule has 2 rings (SSSR count). The van der Waals surface area contributed by atoms with Gasteiger partial charge in [0.2, 0.25) is 5.91 Å². The zero-order valence-corrected chi connectivity index (χ0v) is 17.9. The Morgan fingerprint density at radius 1 is 0.966 bits per heavy atom. The minimum Gasteiger partial charge on any atom is -0.484 e. The third-order valence-corrected chi connectivity index (χ3v) is 4.71. The topological polar surface area (TPSA) is 58.6 Å². The highest BCUT2D eigenvalue weighted by molar-refractivity contribution is 5.88. The second-order valence-corrected chi connectivity index (χ2v) is 7.38. The van der Waals surface area contributed by atoms with Gasteiger partial charge >= 0.3 is 0 Å². The number of nitrogens with one attached hydrogen (secondary N) is 1. The van der Waals surface area contributed by atoms with Crippen LogP contribution in [0.25, 0.3) is 0 Å². The third-order valence-electron chi connectivity index (χ3n) is 4.71. The van der Waals surface area contributed by atoms with Crippen LogP contribution in [0.2, 0.25) is 0 Å². The van der Waals surface area contributed by atoms with E-state index in [1.807, 2.05) is 75.4 Å². The fraction of sp³-hybridized carbons (Fsp3) is 0.417. The van der Waals surface area contributed by atoms with Gasteiger partial charge in [-0.15, -0.1) is 0 Å². The number of hydrogen-bond acceptors (Lipinski definition) is 3. The number of benzene rings is 2. The summed E-state index contributed by atoms with van der Waals surface area (Å²) in [7, 11) is 0. The van der Waals surface area contributed by atoms with E-state index in [9.17, 15) is 9.59 Å². The molecule has 0 saturated carbocycles. The Morgan fingerprint density at radius 3 is 2.17 bits per heavy atom. The molecule has 0 aliphatic carbocycles. The summed E-state index contributed by atoms with van der Waals surface area (Å²) in [6, 6.07) is 16.9. The Kier molecular flexibility index (Phi) is 8.71. The molecule has 0 saturated heterocycles. The minimum atomic E-state index is -0.545. The van der Waals surface area contributed by atoms with Gasteiger partial charge in [-0.2, -0.15) is 0 Å². The summed E-state index contributed by atoms with van der Waals surface area (Å²) in [6.45, 7) is 8.09. The number of rotatable bonds is 10. The molecule has 1 atom stereocenters. The van der Waals surface area contributed by atoms with Crippen molar-refractivity contribution in [3.63, 3.8) is 0 Å². The van der Waals surface area contributed by atoms with E-state index in [0.29, 0.717) is 18.7 Å². The van der Waals surface area contributed by atoms with Gasteiger partial charge in [0.05, 0.1) is 0 Å². The van der Waals surface area contributed by atoms with Gasteiger partial charge < -0.3 is 15.0 Å². The van der Waals surface area contributed by atoms with Gasteiger partial charge in [0, 0.05) is 12.6 Å². The van der Waals surface area contributed by atoms with Crippen LogP contribution >= 0.6 is 0 Å². The first-order valence-electron chi connectivity index (χ1n) is 10.3. The Balaban J connectivity index is 2.15. The molecule has 0 heterocycles. The Morgan fingerprint density at radius 2 is 1.62 bits per heavy atom. The van der Waals surface area contributed by atoms with Gasteiger partial charge in [0.1, 0.15) is 11.8 Å². The van der Waals surface area contributed by atoms with Crippen molar-refractivity contribution in [3.8, 4) is 5.75 Å². The standard InChI is InChI=1S/C24H32N2O3/c1-5-19-12-14-21(15-13-19)29-17-23(27)26(16-20-10-8-7-9-11-20)22(6-2)24(28)25-18(3)4/h7-15,18,22H,5-6,16-17H2,1-4H3,(H,25,28)/t22-/m1/s1. The van der Waals surface area contributed by atoms with Crippen LogP contribution in [0, 0.1) is 0 Å². The van der Waals surface area contributed by atoms with E-state index in [1.54, 1.807) is 4.90 Å². The van der Waals surface area contributed by atoms with E-state index in [0.717, 1.165) is 12.0 Å². The van der Waals surface area contributed by atoms with Crippen LogP contribution in [-0.4, -0.2) is 35.4 Å². The zero-order chi connectivity index (χ0) is 21.2. The average molecular weight is 397 g/mol. The lowest BCUT2D eigenvalue weighted by Crippen LogP contribution is -2.51. The molecule has 0 unspecified atom stereocenters. The molecule has 2 amide bonds. The fourth-order valence-electron chi connectivity index (χ4n) is 3.13. The lowest BCUT2D eigenvalue weighted by atomic mass is 10.1. The lowest BCUT2D eigenvalue weighted by Gasteiger charge is -2.31. The van der Waals surface area contributed by atoms with Crippen LogP contribution in [0.4, 0.5) is 0 Å². The molecule has 0 aliphatic rings. The first-order chi connectivity index (χ1) is 13.9. The van der Waals surface area contributed by atoms with Crippen LogP contribution in [0.15, 0.2) is 54.6 Å². The van der Waals surface area contributed by atoms with E-state index >= 15 is 0 Å². The van der Waals surface area contributed by atoms with Crippen molar-refractivity contribution in [2.45, 2.75) is 59.2 Å². The Hall–Kier alpha value is -2.82. The van der Waals surface area contributed by atoms with Crippen LogP contribution in [0.3, 0.4) is 0 Å². The van der Waals surface area contributed by atoms with Crippen molar-refractivity contribution >= 4 is 11.8 Å². The summed E-state index contributed by atoms with van der Waals surface area (Å²) in [4.78, 5) is 27.4. The first-order valence-corrected chi connectivity index (χ1v) is 10.3. The SMILES string of the molecule is CCc1ccc(OCC(=O)N(Cc2ccccc2)[C@H](CC)C(=O)NC(C)C)cc1. The predicted octanol–water partition coefficient (Wildman–Crippen LogP) is 3.96. The molecular weight excluding hydrogens is 364 g/mol. The van der Waals surface area contributed by atoms with Crippen molar-refractivity contribution < 1.29 is 14.3 Å². The summed E-state index contributed by atoms with van der Waals surface area (Å²) in [5.74, 6) is 0.299. The number of ether oxygens (including phenoxy) is 1. The van der Waals surface area contributed by atoms with E-state index in [1.165, 1.54) is 5.56 Å². The molecule has 156 valence electrons. The molecule has 5 nitrogen and oxygen atoms in total. The number of nitrogens with zero attached hydrogens (tertiary/aromatic N) is 1. The second-order valence-electron chi connectivity index (χ2n) is 7.38. The molecule has 5 heteroatoms. The monoisotopic (exact) mass is 396 g/mol. The van der Waals surface area contributed by atoms with Crippen LogP contribution in [0.5, 0.6) is 5.75 Å². The quantitative estimate of drug-likeness (QED) is 0.661. The maximum atomic E-state index is 13.1. The maximum Gasteiger partial charge on any atom is 0.261 e. The van der Waals surface area contributed by atoms with Gasteiger partial charge in [-0.25, -0.2) is 0 Å². The van der Waals surface area contributed by atoms with Crippen molar-refractivity contribution in [1.82, 2.24) is 10.2 Å². The highest BCUT2D eigenvalue weighted by atomic mass is 16.5. The number of carbonyl (C=O) groups excluding carboxylic acids is 2. The molecule has 2 aromatic carbocycles. The van der Waals surface area contributed by atoms with Gasteiger partial charge in [-0.3, -0.25) is 9.59 Å². The van der Waals surface area contributed by atoms with Crippen LogP contribution < -0.4 is 10.1 Å². The van der Waals surface area contributed by atoms with E-state index in [4.69, 9.17) is 4.74 Å². The number of carbonyl (C=O) groups is 2. The van der Waals surface area contributed by atoms with Gasteiger partial charge in [-0.05, 0) is 49.9 Å². The third kappa shape index (κ3) is 6.93.